The summed E-state index contributed by atoms with van der Waals surface area (Å²) in [6, 6.07) is 3.75. The Hall–Kier alpha value is -2.45. The number of fused-ring (bicyclic) bond motifs is 5. The number of carbonyl (C=O) groups is 3. The number of benzene rings is 1. The van der Waals surface area contributed by atoms with Gasteiger partial charge in [0.05, 0.1) is 28.6 Å². The molecule has 1 saturated carbocycles. The maximum atomic E-state index is 14.1. The molecular formula is C28H35N3O5. The molecule has 2 bridgehead atoms. The lowest BCUT2D eigenvalue weighted by molar-refractivity contribution is -0.241. The fourth-order valence-electron chi connectivity index (χ4n) is 9.53. The van der Waals surface area contributed by atoms with E-state index in [4.69, 9.17) is 4.74 Å². The highest BCUT2D eigenvalue weighted by Crippen LogP contribution is 2.73. The van der Waals surface area contributed by atoms with Crippen molar-refractivity contribution in [2.24, 2.45) is 17.3 Å². The number of carbonyl (C=O) groups excluding carboxylic acids is 3. The number of ether oxygens (including phenoxy) is 1. The molecule has 8 nitrogen and oxygen atoms in total. The third-order valence-corrected chi connectivity index (χ3v) is 11.0. The van der Waals surface area contributed by atoms with E-state index < -0.39 is 33.7 Å². The van der Waals surface area contributed by atoms with E-state index in [1.54, 1.807) is 4.90 Å². The maximum Gasteiger partial charge on any atom is 0.243 e. The first-order valence-corrected chi connectivity index (χ1v) is 13.2. The van der Waals surface area contributed by atoms with Gasteiger partial charge in [-0.3, -0.25) is 19.3 Å². The van der Waals surface area contributed by atoms with E-state index >= 15 is 0 Å². The lowest BCUT2D eigenvalue weighted by Gasteiger charge is -2.66. The van der Waals surface area contributed by atoms with Gasteiger partial charge in [-0.05, 0) is 62.0 Å². The van der Waals surface area contributed by atoms with Gasteiger partial charge in [-0.1, -0.05) is 26.8 Å². The van der Waals surface area contributed by atoms with Crippen LogP contribution in [0.25, 0.3) is 0 Å². The van der Waals surface area contributed by atoms with Gasteiger partial charge in [0.15, 0.2) is 5.78 Å². The molecule has 1 aromatic carbocycles. The first-order chi connectivity index (χ1) is 16.7. The Morgan fingerprint density at radius 3 is 2.56 bits per heavy atom. The first-order valence-electron chi connectivity index (χ1n) is 13.2. The molecule has 1 aromatic rings. The van der Waals surface area contributed by atoms with Crippen molar-refractivity contribution in [3.63, 3.8) is 0 Å². The van der Waals surface area contributed by atoms with Crippen molar-refractivity contribution >= 4 is 23.3 Å². The summed E-state index contributed by atoms with van der Waals surface area (Å²) in [7, 11) is 1.81. The molecule has 6 aliphatic heterocycles. The molecule has 1 aliphatic carbocycles. The highest BCUT2D eigenvalue weighted by Gasteiger charge is 2.82. The van der Waals surface area contributed by atoms with Crippen LogP contribution in [0.3, 0.4) is 0 Å². The van der Waals surface area contributed by atoms with Crippen LogP contribution >= 0.6 is 0 Å². The highest BCUT2D eigenvalue weighted by atomic mass is 16.5. The number of aliphatic hydroxyl groups is 1. The minimum Gasteiger partial charge on any atom is -0.487 e. The number of hydrogen-bond acceptors (Lipinski definition) is 6. The van der Waals surface area contributed by atoms with Crippen molar-refractivity contribution in [3.8, 4) is 5.75 Å². The number of piperazine rings is 1. The minimum atomic E-state index is -0.984. The molecule has 0 aromatic heterocycles. The molecule has 6 unspecified atom stereocenters. The van der Waals surface area contributed by atoms with Crippen molar-refractivity contribution in [1.82, 2.24) is 9.80 Å². The predicted molar refractivity (Wildman–Crippen MR) is 132 cm³/mol. The second-order valence-electron chi connectivity index (χ2n) is 13.6. The monoisotopic (exact) mass is 493 g/mol. The van der Waals surface area contributed by atoms with E-state index in [2.05, 4.69) is 26.1 Å². The molecule has 8 heteroatoms. The van der Waals surface area contributed by atoms with Gasteiger partial charge in [0.1, 0.15) is 23.1 Å². The summed E-state index contributed by atoms with van der Waals surface area (Å²) in [5.41, 5.74) is -1.98. The SMILES string of the molecule is CC1CN2C(O)C34CC5(C(=O)Nc6c5ccc5c6C(=O)CC(C)(C)O5)C(C)(C)C3CC2(C1)C(=O)N4C. The van der Waals surface area contributed by atoms with Crippen molar-refractivity contribution in [2.75, 3.05) is 18.9 Å². The number of piperidine rings is 2. The molecule has 0 radical (unpaired) electrons. The summed E-state index contributed by atoms with van der Waals surface area (Å²) in [5.74, 6) is 0.614. The van der Waals surface area contributed by atoms with Crippen molar-refractivity contribution in [3.05, 3.63) is 23.3 Å². The summed E-state index contributed by atoms with van der Waals surface area (Å²) < 4.78 is 6.13. The number of ketones is 1. The fraction of sp³-hybridized carbons (Fsp3) is 0.679. The predicted octanol–water partition coefficient (Wildman–Crippen LogP) is 2.68. The number of Topliss-reactive ketones (excluding diaryl/α,β-unsaturated/α-hetero) is 1. The average molecular weight is 494 g/mol. The Bertz CT molecular complexity index is 1290. The molecule has 192 valence electrons. The number of anilines is 1. The van der Waals surface area contributed by atoms with Gasteiger partial charge < -0.3 is 20.1 Å². The summed E-state index contributed by atoms with van der Waals surface area (Å²) in [6.07, 6.45) is 1.07. The zero-order valence-electron chi connectivity index (χ0n) is 21.9. The summed E-state index contributed by atoms with van der Waals surface area (Å²) in [5, 5.41) is 15.1. The number of nitrogens with one attached hydrogen (secondary N) is 1. The Morgan fingerprint density at radius 2 is 1.83 bits per heavy atom. The van der Waals surface area contributed by atoms with E-state index in [-0.39, 0.29) is 29.9 Å². The molecule has 2 N–H and O–H groups in total. The first kappa shape index (κ1) is 22.7. The molecule has 6 heterocycles. The maximum absolute atomic E-state index is 14.1. The zero-order chi connectivity index (χ0) is 25.8. The Labute approximate surface area is 211 Å². The molecular weight excluding hydrogens is 458 g/mol. The van der Waals surface area contributed by atoms with Crippen LogP contribution in [0.2, 0.25) is 0 Å². The van der Waals surface area contributed by atoms with Crippen LogP contribution in [-0.4, -0.2) is 69.0 Å². The lowest BCUT2D eigenvalue weighted by Crippen LogP contribution is -2.82. The van der Waals surface area contributed by atoms with Crippen LogP contribution < -0.4 is 10.1 Å². The molecule has 3 spiro atoms. The molecule has 7 aliphatic rings. The van der Waals surface area contributed by atoms with Crippen LogP contribution in [0.15, 0.2) is 12.1 Å². The molecule has 6 atom stereocenters. The van der Waals surface area contributed by atoms with E-state index in [0.29, 0.717) is 42.3 Å². The van der Waals surface area contributed by atoms with Crippen molar-refractivity contribution in [2.45, 2.75) is 88.6 Å². The van der Waals surface area contributed by atoms with Crippen LogP contribution in [0.1, 0.15) is 76.2 Å². The number of amides is 2. The van der Waals surface area contributed by atoms with Crippen LogP contribution in [-0.2, 0) is 15.0 Å². The second kappa shape index (κ2) is 6.16. The Morgan fingerprint density at radius 1 is 1.11 bits per heavy atom. The van der Waals surface area contributed by atoms with E-state index in [1.165, 1.54) is 0 Å². The average Bonchev–Trinajstić information content (AvgIpc) is 3.34. The molecule has 36 heavy (non-hydrogen) atoms. The zero-order valence-corrected chi connectivity index (χ0v) is 21.9. The summed E-state index contributed by atoms with van der Waals surface area (Å²) in [4.78, 5) is 45.1. The third kappa shape index (κ3) is 2.13. The lowest BCUT2D eigenvalue weighted by atomic mass is 9.57. The van der Waals surface area contributed by atoms with E-state index in [1.807, 2.05) is 37.9 Å². The Kier molecular flexibility index (Phi) is 3.89. The van der Waals surface area contributed by atoms with Gasteiger partial charge >= 0.3 is 0 Å². The van der Waals surface area contributed by atoms with Gasteiger partial charge in [0.2, 0.25) is 11.8 Å². The van der Waals surface area contributed by atoms with Gasteiger partial charge in [0, 0.05) is 13.6 Å². The quantitative estimate of drug-likeness (QED) is 0.577. The number of likely N-dealkylation sites (N-methyl/N-ethyl adjacent to an activating group) is 1. The van der Waals surface area contributed by atoms with Crippen LogP contribution in [0.5, 0.6) is 5.75 Å². The highest BCUT2D eigenvalue weighted by molar-refractivity contribution is 6.15. The smallest absolute Gasteiger partial charge is 0.243 e. The van der Waals surface area contributed by atoms with Gasteiger partial charge in [0.25, 0.3) is 0 Å². The van der Waals surface area contributed by atoms with Crippen LogP contribution in [0.4, 0.5) is 5.69 Å². The van der Waals surface area contributed by atoms with E-state index in [0.717, 1.165) is 12.0 Å². The molecule has 2 amide bonds. The standard InChI is InChI=1S/C28H35N3O5/c1-14-9-26-11-18-25(4,5)27(13-28(18,30(6)22(26)34)23(35)31(26)12-14)15-7-8-17-19(20(15)29-21(27)33)16(32)10-24(2,3)36-17/h7-8,14,18,23,35H,9-13H2,1-6H3,(H,29,33). The summed E-state index contributed by atoms with van der Waals surface area (Å²) >= 11 is 0. The van der Waals surface area contributed by atoms with Crippen molar-refractivity contribution in [1.29, 1.82) is 0 Å². The number of hydrogen-bond donors (Lipinski definition) is 2. The van der Waals surface area contributed by atoms with Crippen LogP contribution in [0, 0.1) is 17.3 Å². The number of aliphatic hydroxyl groups excluding tert-OH is 1. The topological polar surface area (TPSA) is 99.2 Å². The molecule has 4 saturated heterocycles. The van der Waals surface area contributed by atoms with Gasteiger partial charge in [-0.2, -0.15) is 0 Å². The molecule has 8 rings (SSSR count). The van der Waals surface area contributed by atoms with Gasteiger partial charge in [-0.15, -0.1) is 0 Å². The van der Waals surface area contributed by atoms with Crippen molar-refractivity contribution < 1.29 is 24.2 Å². The number of nitrogens with zero attached hydrogens (tertiary/aromatic N) is 2. The molecule has 5 fully saturated rings. The minimum absolute atomic E-state index is 0.0383. The van der Waals surface area contributed by atoms with Gasteiger partial charge in [-0.25, -0.2) is 0 Å². The second-order valence-corrected chi connectivity index (χ2v) is 13.6. The van der Waals surface area contributed by atoms with E-state index in [9.17, 15) is 19.5 Å². The normalized spacial score (nSPS) is 43.2. The Balaban J connectivity index is 1.44. The third-order valence-electron chi connectivity index (χ3n) is 11.0. The largest absolute Gasteiger partial charge is 0.487 e. The fourth-order valence-corrected chi connectivity index (χ4v) is 9.53. The summed E-state index contributed by atoms with van der Waals surface area (Å²) in [6.45, 7) is 10.8. The number of rotatable bonds is 0.